The minimum Gasteiger partial charge on any atom is -0.494 e. The predicted octanol–water partition coefficient (Wildman–Crippen LogP) is 4.49. The van der Waals surface area contributed by atoms with Crippen LogP contribution in [-0.2, 0) is 0 Å². The van der Waals surface area contributed by atoms with Crippen molar-refractivity contribution in [3.8, 4) is 17.1 Å². The van der Waals surface area contributed by atoms with Crippen molar-refractivity contribution in [2.75, 3.05) is 25.1 Å². The van der Waals surface area contributed by atoms with E-state index in [9.17, 15) is 0 Å². The first-order valence-corrected chi connectivity index (χ1v) is 9.74. The molecule has 1 aliphatic heterocycles. The molecular weight excluding hydrogens is 402 g/mol. The molecule has 1 fully saturated rings. The number of pyridine rings is 2. The molecule has 154 valence electrons. The number of ether oxygens (including phenoxy) is 1. The Labute approximate surface area is 180 Å². The van der Waals surface area contributed by atoms with Crippen molar-refractivity contribution < 1.29 is 9.26 Å². The monoisotopic (exact) mass is 423 g/mol. The summed E-state index contributed by atoms with van der Waals surface area (Å²) in [7, 11) is 1.68. The van der Waals surface area contributed by atoms with Crippen molar-refractivity contribution in [2.45, 2.75) is 18.8 Å². The molecule has 5 rings (SSSR count). The highest BCUT2D eigenvalue weighted by molar-refractivity contribution is 5.86. The number of benzene rings is 1. The SMILES string of the molecule is COc1cccc2ccc(N3CCC(c4nc(-c5cccnc5)no4)CC3)nc12.Cl. The Kier molecular flexibility index (Phi) is 5.81. The van der Waals surface area contributed by atoms with E-state index in [0.717, 1.165) is 54.0 Å². The third kappa shape index (κ3) is 3.80. The molecule has 0 radical (unpaired) electrons. The van der Waals surface area contributed by atoms with Gasteiger partial charge in [-0.05, 0) is 43.2 Å². The Morgan fingerprint density at radius 2 is 1.90 bits per heavy atom. The molecule has 4 heterocycles. The zero-order chi connectivity index (χ0) is 19.6. The second-order valence-electron chi connectivity index (χ2n) is 7.16. The van der Waals surface area contributed by atoms with Crippen LogP contribution in [0.4, 0.5) is 5.82 Å². The molecule has 0 unspecified atom stereocenters. The number of halogens is 1. The summed E-state index contributed by atoms with van der Waals surface area (Å²) in [5.41, 5.74) is 1.77. The van der Waals surface area contributed by atoms with Crippen molar-refractivity contribution in [3.63, 3.8) is 0 Å². The Morgan fingerprint density at radius 3 is 2.67 bits per heavy atom. The Morgan fingerprint density at radius 1 is 1.03 bits per heavy atom. The fraction of sp³-hybridized carbons (Fsp3) is 0.273. The molecule has 0 spiro atoms. The van der Waals surface area contributed by atoms with Crippen molar-refractivity contribution in [2.24, 2.45) is 0 Å². The number of hydrogen-bond donors (Lipinski definition) is 0. The number of methoxy groups -OCH3 is 1. The maximum absolute atomic E-state index is 5.55. The lowest BCUT2D eigenvalue weighted by atomic mass is 9.96. The highest BCUT2D eigenvalue weighted by Crippen LogP contribution is 2.32. The van der Waals surface area contributed by atoms with Gasteiger partial charge in [-0.3, -0.25) is 4.98 Å². The molecule has 0 saturated carbocycles. The minimum atomic E-state index is 0. The number of hydrogen-bond acceptors (Lipinski definition) is 7. The predicted molar refractivity (Wildman–Crippen MR) is 117 cm³/mol. The van der Waals surface area contributed by atoms with Gasteiger partial charge in [0.05, 0.1) is 7.11 Å². The minimum absolute atomic E-state index is 0. The van der Waals surface area contributed by atoms with E-state index in [4.69, 9.17) is 14.2 Å². The van der Waals surface area contributed by atoms with E-state index in [2.05, 4.69) is 38.2 Å². The molecule has 0 N–H and O–H groups in total. The van der Waals surface area contributed by atoms with E-state index in [1.54, 1.807) is 19.5 Å². The number of aromatic nitrogens is 4. The van der Waals surface area contributed by atoms with Gasteiger partial charge in [-0.25, -0.2) is 4.98 Å². The van der Waals surface area contributed by atoms with Crippen LogP contribution < -0.4 is 9.64 Å². The second-order valence-corrected chi connectivity index (χ2v) is 7.16. The fourth-order valence-electron chi connectivity index (χ4n) is 3.82. The quantitative estimate of drug-likeness (QED) is 0.478. The molecule has 0 atom stereocenters. The standard InChI is InChI=1S/C22H21N5O2.ClH/c1-28-18-6-2-4-15-7-8-19(24-20(15)18)27-12-9-16(10-13-27)22-25-21(26-29-22)17-5-3-11-23-14-17;/h2-8,11,14,16H,9-10,12-13H2,1H3;1H. The van der Waals surface area contributed by atoms with Crippen LogP contribution in [0.15, 0.2) is 59.4 Å². The molecule has 1 saturated heterocycles. The third-order valence-corrected chi connectivity index (χ3v) is 5.42. The second kappa shape index (κ2) is 8.67. The van der Waals surface area contributed by atoms with E-state index < -0.39 is 0 Å². The Bertz CT molecular complexity index is 1130. The summed E-state index contributed by atoms with van der Waals surface area (Å²) < 4.78 is 11.0. The maximum atomic E-state index is 5.55. The summed E-state index contributed by atoms with van der Waals surface area (Å²) >= 11 is 0. The van der Waals surface area contributed by atoms with Crippen molar-refractivity contribution in [1.82, 2.24) is 20.1 Å². The normalized spacial score (nSPS) is 14.5. The summed E-state index contributed by atoms with van der Waals surface area (Å²) in [5, 5.41) is 5.21. The van der Waals surface area contributed by atoms with Gasteiger partial charge in [0, 0.05) is 42.4 Å². The van der Waals surface area contributed by atoms with E-state index in [1.165, 1.54) is 0 Å². The van der Waals surface area contributed by atoms with Crippen LogP contribution in [0.25, 0.3) is 22.3 Å². The van der Waals surface area contributed by atoms with Crippen LogP contribution in [-0.4, -0.2) is 40.3 Å². The van der Waals surface area contributed by atoms with E-state index >= 15 is 0 Å². The summed E-state index contributed by atoms with van der Waals surface area (Å²) in [4.78, 5) is 15.9. The number of fused-ring (bicyclic) bond motifs is 1. The summed E-state index contributed by atoms with van der Waals surface area (Å²) in [6.45, 7) is 1.78. The van der Waals surface area contributed by atoms with Crippen LogP contribution in [0.1, 0.15) is 24.7 Å². The number of para-hydroxylation sites is 1. The zero-order valence-corrected chi connectivity index (χ0v) is 17.4. The first-order chi connectivity index (χ1) is 14.3. The molecule has 7 nitrogen and oxygen atoms in total. The molecule has 0 bridgehead atoms. The van der Waals surface area contributed by atoms with Crippen molar-refractivity contribution in [3.05, 3.63) is 60.7 Å². The molecule has 1 aliphatic rings. The van der Waals surface area contributed by atoms with Gasteiger partial charge in [-0.15, -0.1) is 12.4 Å². The molecular formula is C22H22ClN5O2. The van der Waals surface area contributed by atoms with Crippen LogP contribution >= 0.6 is 12.4 Å². The van der Waals surface area contributed by atoms with Gasteiger partial charge < -0.3 is 14.2 Å². The highest BCUT2D eigenvalue weighted by atomic mass is 35.5. The maximum Gasteiger partial charge on any atom is 0.230 e. The lowest BCUT2D eigenvalue weighted by Crippen LogP contribution is -2.33. The van der Waals surface area contributed by atoms with Crippen LogP contribution in [0.2, 0.25) is 0 Å². The van der Waals surface area contributed by atoms with E-state index in [0.29, 0.717) is 11.7 Å². The first kappa shape index (κ1) is 20.1. The molecule has 1 aromatic carbocycles. The van der Waals surface area contributed by atoms with E-state index in [-0.39, 0.29) is 18.3 Å². The fourth-order valence-corrected chi connectivity index (χ4v) is 3.82. The van der Waals surface area contributed by atoms with Crippen LogP contribution in [0.5, 0.6) is 5.75 Å². The zero-order valence-electron chi connectivity index (χ0n) is 16.6. The van der Waals surface area contributed by atoms with Crippen LogP contribution in [0.3, 0.4) is 0 Å². The molecule has 0 aliphatic carbocycles. The molecule has 3 aromatic heterocycles. The van der Waals surface area contributed by atoms with Gasteiger partial charge in [0.25, 0.3) is 0 Å². The van der Waals surface area contributed by atoms with Crippen LogP contribution in [0, 0.1) is 0 Å². The van der Waals surface area contributed by atoms with Gasteiger partial charge in [-0.2, -0.15) is 4.98 Å². The largest absolute Gasteiger partial charge is 0.494 e. The molecule has 0 amide bonds. The lowest BCUT2D eigenvalue weighted by molar-refractivity contribution is 0.329. The number of nitrogens with zero attached hydrogens (tertiary/aromatic N) is 5. The number of rotatable bonds is 4. The van der Waals surface area contributed by atoms with Gasteiger partial charge in [0.1, 0.15) is 17.1 Å². The topological polar surface area (TPSA) is 77.2 Å². The number of piperidine rings is 1. The Hall–Kier alpha value is -3.19. The third-order valence-electron chi connectivity index (χ3n) is 5.42. The average Bonchev–Trinajstić information content (AvgIpc) is 3.29. The van der Waals surface area contributed by atoms with Gasteiger partial charge in [-0.1, -0.05) is 17.3 Å². The van der Waals surface area contributed by atoms with Crippen molar-refractivity contribution >= 4 is 29.1 Å². The lowest BCUT2D eigenvalue weighted by Gasteiger charge is -2.31. The van der Waals surface area contributed by atoms with Gasteiger partial charge in [0.15, 0.2) is 0 Å². The van der Waals surface area contributed by atoms with E-state index in [1.807, 2.05) is 24.3 Å². The summed E-state index contributed by atoms with van der Waals surface area (Å²) in [5.74, 6) is 3.34. The molecule has 30 heavy (non-hydrogen) atoms. The first-order valence-electron chi connectivity index (χ1n) is 9.74. The van der Waals surface area contributed by atoms with Gasteiger partial charge >= 0.3 is 0 Å². The number of anilines is 1. The van der Waals surface area contributed by atoms with Gasteiger partial charge in [0.2, 0.25) is 11.7 Å². The average molecular weight is 424 g/mol. The summed E-state index contributed by atoms with van der Waals surface area (Å²) in [6.07, 6.45) is 5.37. The summed E-state index contributed by atoms with van der Waals surface area (Å²) in [6, 6.07) is 14.0. The van der Waals surface area contributed by atoms with Crippen molar-refractivity contribution in [1.29, 1.82) is 0 Å². The molecule has 4 aromatic rings. The smallest absolute Gasteiger partial charge is 0.230 e. The molecule has 8 heteroatoms. The highest BCUT2D eigenvalue weighted by Gasteiger charge is 2.26. The Balaban J connectivity index is 0.00000218.